The number of nitrogens with zero attached hydrogens (tertiary/aromatic N) is 1. The second-order valence-electron chi connectivity index (χ2n) is 5.12. The van der Waals surface area contributed by atoms with Gasteiger partial charge in [0.2, 0.25) is 5.91 Å². The molecule has 0 aromatic carbocycles. The fourth-order valence-electron chi connectivity index (χ4n) is 2.55. The molecule has 0 atom stereocenters. The molecule has 2 rings (SSSR count). The van der Waals surface area contributed by atoms with Crippen molar-refractivity contribution in [1.29, 1.82) is 0 Å². The molecule has 0 unspecified atom stereocenters. The SMILES string of the molecule is CCN(Cc1ccc(Cl)s1)C(=O)C1(CN)CCOCC1.Cl. The fraction of sp³-hybridized carbons (Fsp3) is 0.643. The molecular weight excluding hydrogens is 331 g/mol. The summed E-state index contributed by atoms with van der Waals surface area (Å²) in [5.41, 5.74) is 5.46. The number of thiophene rings is 1. The maximum atomic E-state index is 12.9. The first-order chi connectivity index (χ1) is 9.61. The van der Waals surface area contributed by atoms with Crippen molar-refractivity contribution in [2.75, 3.05) is 26.3 Å². The Labute approximate surface area is 141 Å². The summed E-state index contributed by atoms with van der Waals surface area (Å²) in [6.45, 7) is 4.90. The van der Waals surface area contributed by atoms with Crippen LogP contribution in [0.4, 0.5) is 0 Å². The van der Waals surface area contributed by atoms with Gasteiger partial charge in [0.25, 0.3) is 0 Å². The van der Waals surface area contributed by atoms with Crippen molar-refractivity contribution in [2.24, 2.45) is 11.1 Å². The Morgan fingerprint density at radius 2 is 2.14 bits per heavy atom. The summed E-state index contributed by atoms with van der Waals surface area (Å²) >= 11 is 7.47. The number of halogens is 2. The molecule has 0 radical (unpaired) electrons. The molecule has 4 nitrogen and oxygen atoms in total. The molecule has 21 heavy (non-hydrogen) atoms. The second-order valence-corrected chi connectivity index (χ2v) is 6.92. The number of hydrogen-bond donors (Lipinski definition) is 1. The largest absolute Gasteiger partial charge is 0.381 e. The number of nitrogens with two attached hydrogens (primary N) is 1. The molecule has 2 N–H and O–H groups in total. The van der Waals surface area contributed by atoms with Crippen molar-refractivity contribution in [3.63, 3.8) is 0 Å². The van der Waals surface area contributed by atoms with Gasteiger partial charge in [-0.1, -0.05) is 11.6 Å². The van der Waals surface area contributed by atoms with Gasteiger partial charge in [0.1, 0.15) is 0 Å². The lowest BCUT2D eigenvalue weighted by Gasteiger charge is -2.38. The van der Waals surface area contributed by atoms with Crippen LogP contribution in [-0.2, 0) is 16.1 Å². The molecule has 1 aromatic rings. The molecule has 120 valence electrons. The molecule has 1 fully saturated rings. The standard InChI is InChI=1S/C14H21ClN2O2S.ClH/c1-2-17(9-11-3-4-12(15)20-11)13(18)14(10-16)5-7-19-8-6-14;/h3-4H,2,5-10,16H2,1H3;1H. The van der Waals surface area contributed by atoms with Crippen LogP contribution in [0.2, 0.25) is 4.34 Å². The van der Waals surface area contributed by atoms with Gasteiger partial charge in [0, 0.05) is 31.2 Å². The van der Waals surface area contributed by atoms with E-state index < -0.39 is 5.41 Å². The number of hydrogen-bond acceptors (Lipinski definition) is 4. The van der Waals surface area contributed by atoms with Crippen LogP contribution in [0.5, 0.6) is 0 Å². The van der Waals surface area contributed by atoms with E-state index in [1.807, 2.05) is 24.0 Å². The maximum Gasteiger partial charge on any atom is 0.230 e. The molecular formula is C14H22Cl2N2O2S. The Morgan fingerprint density at radius 3 is 2.62 bits per heavy atom. The first kappa shape index (κ1) is 18.7. The summed E-state index contributed by atoms with van der Waals surface area (Å²) in [5.74, 6) is 0.148. The second kappa shape index (κ2) is 8.34. The van der Waals surface area contributed by atoms with Crippen LogP contribution >= 0.6 is 35.3 Å². The van der Waals surface area contributed by atoms with Gasteiger partial charge in [-0.25, -0.2) is 0 Å². The van der Waals surface area contributed by atoms with Gasteiger partial charge in [-0.2, -0.15) is 0 Å². The third kappa shape index (κ3) is 4.33. The van der Waals surface area contributed by atoms with E-state index in [2.05, 4.69) is 0 Å². The first-order valence-corrected chi connectivity index (χ1v) is 8.12. The third-order valence-corrected chi connectivity index (χ3v) is 5.15. The molecule has 1 aliphatic heterocycles. The molecule has 1 amide bonds. The van der Waals surface area contributed by atoms with Gasteiger partial charge in [0.15, 0.2) is 0 Å². The normalized spacial score (nSPS) is 17.1. The number of rotatable bonds is 5. The topological polar surface area (TPSA) is 55.6 Å². The summed E-state index contributed by atoms with van der Waals surface area (Å²) in [5, 5.41) is 0. The zero-order valence-electron chi connectivity index (χ0n) is 12.1. The Balaban J connectivity index is 0.00000220. The van der Waals surface area contributed by atoms with Crippen molar-refractivity contribution >= 4 is 41.3 Å². The average Bonchev–Trinajstić information content (AvgIpc) is 2.90. The van der Waals surface area contributed by atoms with Crippen LogP contribution in [0.1, 0.15) is 24.6 Å². The van der Waals surface area contributed by atoms with Crippen LogP contribution in [0.3, 0.4) is 0 Å². The molecule has 0 bridgehead atoms. The van der Waals surface area contributed by atoms with Gasteiger partial charge in [-0.15, -0.1) is 23.7 Å². The zero-order valence-corrected chi connectivity index (χ0v) is 14.5. The third-order valence-electron chi connectivity index (χ3n) is 3.94. The Morgan fingerprint density at radius 1 is 1.48 bits per heavy atom. The summed E-state index contributed by atoms with van der Waals surface area (Å²) < 4.78 is 6.12. The Hall–Kier alpha value is -0.330. The number of amides is 1. The van der Waals surface area contributed by atoms with Crippen molar-refractivity contribution in [3.8, 4) is 0 Å². The van der Waals surface area contributed by atoms with E-state index in [9.17, 15) is 4.79 Å². The van der Waals surface area contributed by atoms with Crippen molar-refractivity contribution in [2.45, 2.75) is 26.3 Å². The summed E-state index contributed by atoms with van der Waals surface area (Å²) in [4.78, 5) is 15.8. The van der Waals surface area contributed by atoms with E-state index >= 15 is 0 Å². The lowest BCUT2D eigenvalue weighted by molar-refractivity contribution is -0.147. The quantitative estimate of drug-likeness (QED) is 0.886. The van der Waals surface area contributed by atoms with E-state index in [1.165, 1.54) is 11.3 Å². The molecule has 1 aliphatic rings. The summed E-state index contributed by atoms with van der Waals surface area (Å²) in [6.07, 6.45) is 1.42. The molecule has 1 aromatic heterocycles. The molecule has 2 heterocycles. The van der Waals surface area contributed by atoms with Crippen LogP contribution in [-0.4, -0.2) is 37.1 Å². The lowest BCUT2D eigenvalue weighted by Crippen LogP contribution is -2.50. The van der Waals surface area contributed by atoms with Crippen LogP contribution in [0, 0.1) is 5.41 Å². The highest BCUT2D eigenvalue weighted by atomic mass is 35.5. The summed E-state index contributed by atoms with van der Waals surface area (Å²) in [6, 6.07) is 3.84. The van der Waals surface area contributed by atoms with Crippen molar-refractivity contribution < 1.29 is 9.53 Å². The van der Waals surface area contributed by atoms with E-state index in [4.69, 9.17) is 22.1 Å². The van der Waals surface area contributed by atoms with E-state index in [1.54, 1.807) is 0 Å². The highest BCUT2D eigenvalue weighted by Crippen LogP contribution is 2.33. The van der Waals surface area contributed by atoms with Gasteiger partial charge in [-0.05, 0) is 31.9 Å². The Bertz CT molecular complexity index is 462. The molecule has 7 heteroatoms. The smallest absolute Gasteiger partial charge is 0.230 e. The highest BCUT2D eigenvalue weighted by Gasteiger charge is 2.41. The molecule has 0 aliphatic carbocycles. The van der Waals surface area contributed by atoms with E-state index in [-0.39, 0.29) is 18.3 Å². The average molecular weight is 353 g/mol. The first-order valence-electron chi connectivity index (χ1n) is 6.93. The van der Waals surface area contributed by atoms with Crippen molar-refractivity contribution in [1.82, 2.24) is 4.90 Å². The van der Waals surface area contributed by atoms with E-state index in [0.29, 0.717) is 45.7 Å². The van der Waals surface area contributed by atoms with Crippen LogP contribution in [0.15, 0.2) is 12.1 Å². The predicted octanol–water partition coefficient (Wildman–Crippen LogP) is 2.93. The fourth-order valence-corrected chi connectivity index (χ4v) is 3.66. The van der Waals surface area contributed by atoms with Gasteiger partial charge in [0.05, 0.1) is 16.3 Å². The predicted molar refractivity (Wildman–Crippen MR) is 89.2 cm³/mol. The van der Waals surface area contributed by atoms with Crippen molar-refractivity contribution in [3.05, 3.63) is 21.3 Å². The molecule has 0 spiro atoms. The number of carbonyl (C=O) groups excluding carboxylic acids is 1. The summed E-state index contributed by atoms with van der Waals surface area (Å²) in [7, 11) is 0. The molecule has 0 saturated carbocycles. The Kier molecular flexibility index (Phi) is 7.44. The van der Waals surface area contributed by atoms with E-state index in [0.717, 1.165) is 9.21 Å². The van der Waals surface area contributed by atoms with Gasteiger partial charge >= 0.3 is 0 Å². The highest BCUT2D eigenvalue weighted by molar-refractivity contribution is 7.16. The number of ether oxygens (including phenoxy) is 1. The minimum Gasteiger partial charge on any atom is -0.381 e. The number of carbonyl (C=O) groups is 1. The maximum absolute atomic E-state index is 12.9. The van der Waals surface area contributed by atoms with Gasteiger partial charge in [-0.3, -0.25) is 4.79 Å². The van der Waals surface area contributed by atoms with Crippen LogP contribution < -0.4 is 5.73 Å². The molecule has 1 saturated heterocycles. The van der Waals surface area contributed by atoms with Crippen LogP contribution in [0.25, 0.3) is 0 Å². The zero-order chi connectivity index (χ0) is 14.6. The minimum atomic E-state index is -0.449. The lowest BCUT2D eigenvalue weighted by atomic mass is 9.79. The van der Waals surface area contributed by atoms with Gasteiger partial charge < -0.3 is 15.4 Å². The minimum absolute atomic E-state index is 0. The monoisotopic (exact) mass is 352 g/mol.